The first-order chi connectivity index (χ1) is 10.1. The summed E-state index contributed by atoms with van der Waals surface area (Å²) in [4.78, 5) is 18.5. The van der Waals surface area contributed by atoms with Crippen LogP contribution in [0.3, 0.4) is 0 Å². The lowest BCUT2D eigenvalue weighted by molar-refractivity contribution is 0.0690. The van der Waals surface area contributed by atoms with Gasteiger partial charge >= 0.3 is 5.97 Å². The number of benzene rings is 1. The molecule has 2 heterocycles. The fourth-order valence-electron chi connectivity index (χ4n) is 2.22. The van der Waals surface area contributed by atoms with Crippen LogP contribution in [0, 0.1) is 0 Å². The first-order valence-electron chi connectivity index (χ1n) is 6.20. The highest BCUT2D eigenvalue weighted by Gasteiger charge is 2.22. The third-order valence-corrected chi connectivity index (χ3v) is 4.37. The van der Waals surface area contributed by atoms with E-state index in [0.29, 0.717) is 17.3 Å². The minimum Gasteiger partial charge on any atom is -0.476 e. The number of aromatic carboxylic acids is 1. The number of carboxylic acids is 1. The van der Waals surface area contributed by atoms with E-state index in [1.54, 1.807) is 10.6 Å². The molecule has 0 bridgehead atoms. The number of carbonyl (C=O) groups is 1. The molecule has 0 spiro atoms. The minimum atomic E-state index is -0.975. The number of anilines is 1. The van der Waals surface area contributed by atoms with E-state index < -0.39 is 5.97 Å². The molecule has 2 aromatic heterocycles. The average Bonchev–Trinajstić information content (AvgIpc) is 2.97. The predicted octanol–water partition coefficient (Wildman–Crippen LogP) is 3.49. The molecule has 108 valence electrons. The van der Waals surface area contributed by atoms with Gasteiger partial charge in [0.25, 0.3) is 0 Å². The lowest BCUT2D eigenvalue weighted by atomic mass is 10.2. The molecular weight excluding hydrogens is 354 g/mol. The van der Waals surface area contributed by atoms with Crippen LogP contribution in [0.4, 0.5) is 5.82 Å². The zero-order chi connectivity index (χ0) is 15.0. The second kappa shape index (κ2) is 5.50. The Balaban J connectivity index is 1.97. The SMILES string of the molecule is CN(Cc1cccc(Br)c1)c1nc2sccn2c1C(=O)O. The van der Waals surface area contributed by atoms with E-state index >= 15 is 0 Å². The van der Waals surface area contributed by atoms with E-state index in [9.17, 15) is 9.90 Å². The summed E-state index contributed by atoms with van der Waals surface area (Å²) in [6.07, 6.45) is 1.73. The summed E-state index contributed by atoms with van der Waals surface area (Å²) in [5.74, 6) is -0.494. The van der Waals surface area contributed by atoms with E-state index in [4.69, 9.17) is 0 Å². The fourth-order valence-corrected chi connectivity index (χ4v) is 3.38. The zero-order valence-corrected chi connectivity index (χ0v) is 13.6. The maximum absolute atomic E-state index is 11.5. The van der Waals surface area contributed by atoms with Gasteiger partial charge in [0.05, 0.1) is 0 Å². The molecule has 0 amide bonds. The standard InChI is InChI=1S/C14H12BrN3O2S/c1-17(8-9-3-2-4-10(15)7-9)12-11(13(19)20)18-5-6-21-14(18)16-12/h2-7H,8H2,1H3,(H,19,20). The van der Waals surface area contributed by atoms with Gasteiger partial charge in [-0.2, -0.15) is 0 Å². The molecule has 0 aliphatic heterocycles. The Bertz CT molecular complexity index is 812. The number of imidazole rings is 1. The van der Waals surface area contributed by atoms with Gasteiger partial charge in [-0.15, -0.1) is 11.3 Å². The quantitative estimate of drug-likeness (QED) is 0.768. The van der Waals surface area contributed by atoms with E-state index in [2.05, 4.69) is 20.9 Å². The van der Waals surface area contributed by atoms with Crippen LogP contribution in [0.25, 0.3) is 4.96 Å². The van der Waals surface area contributed by atoms with Crippen molar-refractivity contribution in [1.29, 1.82) is 0 Å². The number of thiazole rings is 1. The van der Waals surface area contributed by atoms with E-state index in [-0.39, 0.29) is 5.69 Å². The van der Waals surface area contributed by atoms with Gasteiger partial charge in [0.15, 0.2) is 16.5 Å². The number of hydrogen-bond donors (Lipinski definition) is 1. The molecule has 0 fully saturated rings. The summed E-state index contributed by atoms with van der Waals surface area (Å²) in [5, 5.41) is 11.3. The van der Waals surface area contributed by atoms with Crippen molar-refractivity contribution >= 4 is 44.0 Å². The van der Waals surface area contributed by atoms with Gasteiger partial charge < -0.3 is 10.0 Å². The molecule has 0 aliphatic rings. The molecule has 0 saturated heterocycles. The summed E-state index contributed by atoms with van der Waals surface area (Å²) in [7, 11) is 1.85. The molecule has 0 saturated carbocycles. The molecule has 5 nitrogen and oxygen atoms in total. The Morgan fingerprint density at radius 2 is 2.33 bits per heavy atom. The van der Waals surface area contributed by atoms with Crippen LogP contribution in [0.5, 0.6) is 0 Å². The summed E-state index contributed by atoms with van der Waals surface area (Å²) < 4.78 is 2.61. The Morgan fingerprint density at radius 1 is 1.52 bits per heavy atom. The third-order valence-electron chi connectivity index (χ3n) is 3.12. The van der Waals surface area contributed by atoms with E-state index in [1.807, 2.05) is 41.6 Å². The number of halogens is 1. The van der Waals surface area contributed by atoms with Gasteiger partial charge in [-0.25, -0.2) is 9.78 Å². The molecular formula is C14H12BrN3O2S. The van der Waals surface area contributed by atoms with Gasteiger partial charge in [0.1, 0.15) is 0 Å². The van der Waals surface area contributed by atoms with Gasteiger partial charge in [-0.05, 0) is 17.7 Å². The molecule has 21 heavy (non-hydrogen) atoms. The van der Waals surface area contributed by atoms with Crippen molar-refractivity contribution < 1.29 is 9.90 Å². The Hall–Kier alpha value is -1.86. The van der Waals surface area contributed by atoms with Crippen LogP contribution in [0.1, 0.15) is 16.1 Å². The Kier molecular flexibility index (Phi) is 3.69. The monoisotopic (exact) mass is 365 g/mol. The average molecular weight is 366 g/mol. The lowest BCUT2D eigenvalue weighted by Gasteiger charge is -2.17. The minimum absolute atomic E-state index is 0.198. The first-order valence-corrected chi connectivity index (χ1v) is 7.88. The van der Waals surface area contributed by atoms with E-state index in [1.165, 1.54) is 11.3 Å². The highest BCUT2D eigenvalue weighted by atomic mass is 79.9. The van der Waals surface area contributed by atoms with Crippen LogP contribution in [-0.4, -0.2) is 27.5 Å². The van der Waals surface area contributed by atoms with Crippen molar-refractivity contribution in [3.05, 3.63) is 51.6 Å². The molecule has 0 radical (unpaired) electrons. The second-order valence-electron chi connectivity index (χ2n) is 4.63. The van der Waals surface area contributed by atoms with Crippen molar-refractivity contribution in [2.24, 2.45) is 0 Å². The summed E-state index contributed by atoms with van der Waals surface area (Å²) in [5.41, 5.74) is 1.28. The van der Waals surface area contributed by atoms with Crippen LogP contribution < -0.4 is 4.90 Å². The zero-order valence-electron chi connectivity index (χ0n) is 11.2. The predicted molar refractivity (Wildman–Crippen MR) is 86.3 cm³/mol. The Morgan fingerprint density at radius 3 is 3.05 bits per heavy atom. The second-order valence-corrected chi connectivity index (χ2v) is 6.42. The molecule has 7 heteroatoms. The summed E-state index contributed by atoms with van der Waals surface area (Å²) >= 11 is 4.86. The summed E-state index contributed by atoms with van der Waals surface area (Å²) in [6.45, 7) is 0.588. The molecule has 0 atom stereocenters. The number of aromatic nitrogens is 2. The number of carboxylic acid groups (broad SMARTS) is 1. The molecule has 3 rings (SSSR count). The number of fused-ring (bicyclic) bond motifs is 1. The van der Waals surface area contributed by atoms with Gasteiger partial charge in [-0.3, -0.25) is 4.40 Å². The number of hydrogen-bond acceptors (Lipinski definition) is 4. The molecule has 0 aliphatic carbocycles. The third kappa shape index (κ3) is 2.66. The van der Waals surface area contributed by atoms with Crippen molar-refractivity contribution in [2.75, 3.05) is 11.9 Å². The fraction of sp³-hybridized carbons (Fsp3) is 0.143. The van der Waals surface area contributed by atoms with Gasteiger partial charge in [0, 0.05) is 29.6 Å². The first kappa shape index (κ1) is 14.1. The van der Waals surface area contributed by atoms with Crippen molar-refractivity contribution in [3.63, 3.8) is 0 Å². The highest BCUT2D eigenvalue weighted by Crippen LogP contribution is 2.25. The topological polar surface area (TPSA) is 57.8 Å². The van der Waals surface area contributed by atoms with E-state index in [0.717, 1.165) is 10.0 Å². The summed E-state index contributed by atoms with van der Waals surface area (Å²) in [6, 6.07) is 7.92. The van der Waals surface area contributed by atoms with Crippen molar-refractivity contribution in [2.45, 2.75) is 6.54 Å². The van der Waals surface area contributed by atoms with Crippen LogP contribution >= 0.6 is 27.3 Å². The van der Waals surface area contributed by atoms with Crippen LogP contribution in [0.2, 0.25) is 0 Å². The lowest BCUT2D eigenvalue weighted by Crippen LogP contribution is -2.20. The van der Waals surface area contributed by atoms with Gasteiger partial charge in [0.2, 0.25) is 0 Å². The highest BCUT2D eigenvalue weighted by molar-refractivity contribution is 9.10. The largest absolute Gasteiger partial charge is 0.476 e. The number of nitrogens with zero attached hydrogens (tertiary/aromatic N) is 3. The molecule has 0 unspecified atom stereocenters. The maximum Gasteiger partial charge on any atom is 0.356 e. The maximum atomic E-state index is 11.5. The Labute approximate surface area is 133 Å². The molecule has 3 aromatic rings. The smallest absolute Gasteiger partial charge is 0.356 e. The molecule has 1 N–H and O–H groups in total. The van der Waals surface area contributed by atoms with Crippen LogP contribution in [-0.2, 0) is 6.54 Å². The molecule has 1 aromatic carbocycles. The van der Waals surface area contributed by atoms with Crippen molar-refractivity contribution in [1.82, 2.24) is 9.38 Å². The number of rotatable bonds is 4. The normalized spacial score (nSPS) is 11.0. The van der Waals surface area contributed by atoms with Crippen LogP contribution in [0.15, 0.2) is 40.3 Å². The van der Waals surface area contributed by atoms with Crippen molar-refractivity contribution in [3.8, 4) is 0 Å². The van der Waals surface area contributed by atoms with Gasteiger partial charge in [-0.1, -0.05) is 28.1 Å².